The Kier molecular flexibility index (Phi) is 4.03. The van der Waals surface area contributed by atoms with Gasteiger partial charge >= 0.3 is 0 Å². The van der Waals surface area contributed by atoms with E-state index >= 15 is 0 Å². The highest BCUT2D eigenvalue weighted by Crippen LogP contribution is 2.19. The van der Waals surface area contributed by atoms with Gasteiger partial charge in [-0.2, -0.15) is 0 Å². The van der Waals surface area contributed by atoms with E-state index in [0.717, 1.165) is 6.42 Å². The average molecular weight is 209 g/mol. The van der Waals surface area contributed by atoms with Crippen molar-refractivity contribution < 1.29 is 4.74 Å². The minimum absolute atomic E-state index is 0.269. The maximum absolute atomic E-state index is 5.55. The first-order valence-electron chi connectivity index (χ1n) is 5.16. The Hall–Kier alpha value is -1.16. The van der Waals surface area contributed by atoms with Crippen molar-refractivity contribution in [3.05, 3.63) is 18.1 Å². The molecule has 0 radical (unpaired) electrons. The van der Waals surface area contributed by atoms with Crippen LogP contribution < -0.4 is 10.5 Å². The van der Waals surface area contributed by atoms with Gasteiger partial charge in [0.2, 0.25) is 5.88 Å². The molecule has 0 amide bonds. The molecule has 0 saturated heterocycles. The second kappa shape index (κ2) is 5.07. The largest absolute Gasteiger partial charge is 0.476 e. The molecule has 4 nitrogen and oxygen atoms in total. The van der Waals surface area contributed by atoms with Crippen LogP contribution >= 0.6 is 0 Å². The molecule has 1 heterocycles. The van der Waals surface area contributed by atoms with Crippen LogP contribution in [0, 0.1) is 5.41 Å². The van der Waals surface area contributed by atoms with Crippen molar-refractivity contribution >= 4 is 0 Å². The summed E-state index contributed by atoms with van der Waals surface area (Å²) in [6.45, 7) is 7.54. The van der Waals surface area contributed by atoms with Crippen molar-refractivity contribution in [3.63, 3.8) is 0 Å². The molecule has 0 fully saturated rings. The fraction of sp³-hybridized carbons (Fsp3) is 0.636. The molecule has 0 aromatic carbocycles. The normalized spacial score (nSPS) is 11.5. The van der Waals surface area contributed by atoms with Crippen LogP contribution in [0.2, 0.25) is 0 Å². The van der Waals surface area contributed by atoms with Crippen molar-refractivity contribution in [2.24, 2.45) is 11.1 Å². The fourth-order valence-corrected chi connectivity index (χ4v) is 1.07. The van der Waals surface area contributed by atoms with Gasteiger partial charge in [-0.1, -0.05) is 20.8 Å². The van der Waals surface area contributed by atoms with Gasteiger partial charge in [-0.05, 0) is 11.8 Å². The summed E-state index contributed by atoms with van der Waals surface area (Å²) in [6, 6.07) is 0. The lowest BCUT2D eigenvalue weighted by Crippen LogP contribution is -2.13. The molecule has 84 valence electrons. The topological polar surface area (TPSA) is 61.0 Å². The molecule has 1 aromatic rings. The second-order valence-electron chi connectivity index (χ2n) is 4.67. The molecule has 2 N–H and O–H groups in total. The minimum atomic E-state index is 0.269. The van der Waals surface area contributed by atoms with Crippen LogP contribution in [0.3, 0.4) is 0 Å². The van der Waals surface area contributed by atoms with Crippen LogP contribution in [0.25, 0.3) is 0 Å². The van der Waals surface area contributed by atoms with Crippen LogP contribution in [-0.4, -0.2) is 16.6 Å². The molecule has 0 aliphatic heterocycles. The molecule has 4 heteroatoms. The SMILES string of the molecule is CC(C)(C)CCOc1nccnc1CN. The van der Waals surface area contributed by atoms with Crippen molar-refractivity contribution in [2.75, 3.05) is 6.61 Å². The summed E-state index contributed by atoms with van der Waals surface area (Å²) in [6.07, 6.45) is 4.22. The van der Waals surface area contributed by atoms with Gasteiger partial charge in [0.1, 0.15) is 5.69 Å². The lowest BCUT2D eigenvalue weighted by atomic mass is 9.93. The van der Waals surface area contributed by atoms with Gasteiger partial charge in [-0.3, -0.25) is 4.98 Å². The van der Waals surface area contributed by atoms with Gasteiger partial charge in [0.25, 0.3) is 0 Å². The Balaban J connectivity index is 2.50. The van der Waals surface area contributed by atoms with Gasteiger partial charge in [-0.15, -0.1) is 0 Å². The maximum Gasteiger partial charge on any atom is 0.236 e. The van der Waals surface area contributed by atoms with E-state index < -0.39 is 0 Å². The van der Waals surface area contributed by atoms with E-state index in [2.05, 4.69) is 30.7 Å². The first-order valence-corrected chi connectivity index (χ1v) is 5.16. The van der Waals surface area contributed by atoms with Gasteiger partial charge < -0.3 is 10.5 Å². The lowest BCUT2D eigenvalue weighted by molar-refractivity contribution is 0.233. The van der Waals surface area contributed by atoms with Crippen LogP contribution in [0.15, 0.2) is 12.4 Å². The van der Waals surface area contributed by atoms with Crippen LogP contribution in [0.4, 0.5) is 0 Å². The molecule has 1 rings (SSSR count). The highest BCUT2D eigenvalue weighted by atomic mass is 16.5. The number of hydrogen-bond donors (Lipinski definition) is 1. The molecule has 0 aliphatic carbocycles. The number of ether oxygens (including phenoxy) is 1. The Labute approximate surface area is 90.9 Å². The summed E-state index contributed by atoms with van der Waals surface area (Å²) in [4.78, 5) is 8.20. The quantitative estimate of drug-likeness (QED) is 0.820. The standard InChI is InChI=1S/C11H19N3O/c1-11(2,3)4-7-15-10-9(8-12)13-5-6-14-10/h5-6H,4,7-8,12H2,1-3H3. The number of aromatic nitrogens is 2. The zero-order valence-electron chi connectivity index (χ0n) is 9.66. The van der Waals surface area contributed by atoms with Crippen LogP contribution in [0.1, 0.15) is 32.9 Å². The summed E-state index contributed by atoms with van der Waals surface area (Å²) in [5.41, 5.74) is 6.51. The lowest BCUT2D eigenvalue weighted by Gasteiger charge is -2.18. The number of hydrogen-bond acceptors (Lipinski definition) is 4. The van der Waals surface area contributed by atoms with E-state index in [4.69, 9.17) is 10.5 Å². The highest BCUT2D eigenvalue weighted by Gasteiger charge is 2.11. The summed E-state index contributed by atoms with van der Waals surface area (Å²) >= 11 is 0. The number of nitrogens with zero attached hydrogens (tertiary/aromatic N) is 2. The maximum atomic E-state index is 5.55. The molecule has 0 unspecified atom stereocenters. The van der Waals surface area contributed by atoms with Gasteiger partial charge in [0.15, 0.2) is 0 Å². The molecule has 0 aliphatic rings. The molecule has 15 heavy (non-hydrogen) atoms. The number of rotatable bonds is 4. The van der Waals surface area contributed by atoms with Crippen molar-refractivity contribution in [1.29, 1.82) is 0 Å². The third-order valence-corrected chi connectivity index (χ3v) is 2.02. The van der Waals surface area contributed by atoms with Crippen LogP contribution in [-0.2, 0) is 6.54 Å². The highest BCUT2D eigenvalue weighted by molar-refractivity contribution is 5.16. The number of nitrogens with two attached hydrogens (primary N) is 1. The zero-order chi connectivity index (χ0) is 11.3. The smallest absolute Gasteiger partial charge is 0.236 e. The minimum Gasteiger partial charge on any atom is -0.476 e. The predicted molar refractivity (Wildman–Crippen MR) is 59.5 cm³/mol. The third kappa shape index (κ3) is 4.25. The first-order chi connectivity index (χ1) is 7.03. The molecular formula is C11H19N3O. The Morgan fingerprint density at radius 1 is 1.27 bits per heavy atom. The predicted octanol–water partition coefficient (Wildman–Crippen LogP) is 1.75. The Morgan fingerprint density at radius 3 is 2.53 bits per heavy atom. The van der Waals surface area contributed by atoms with E-state index in [9.17, 15) is 0 Å². The molecular weight excluding hydrogens is 190 g/mol. The summed E-state index contributed by atoms with van der Waals surface area (Å²) < 4.78 is 5.55. The first kappa shape index (κ1) is 11.9. The van der Waals surface area contributed by atoms with E-state index in [1.54, 1.807) is 12.4 Å². The summed E-state index contributed by atoms with van der Waals surface area (Å²) in [7, 11) is 0. The van der Waals surface area contributed by atoms with Gasteiger partial charge in [0.05, 0.1) is 6.61 Å². The van der Waals surface area contributed by atoms with Crippen LogP contribution in [0.5, 0.6) is 5.88 Å². The van der Waals surface area contributed by atoms with Crippen molar-refractivity contribution in [3.8, 4) is 5.88 Å². The molecule has 0 atom stereocenters. The molecule has 0 spiro atoms. The van der Waals surface area contributed by atoms with Gasteiger partial charge in [-0.25, -0.2) is 4.98 Å². The van der Waals surface area contributed by atoms with E-state index in [1.165, 1.54) is 0 Å². The Bertz CT molecular complexity index is 307. The fourth-order valence-electron chi connectivity index (χ4n) is 1.07. The molecule has 0 saturated carbocycles. The monoisotopic (exact) mass is 209 g/mol. The second-order valence-corrected chi connectivity index (χ2v) is 4.67. The third-order valence-electron chi connectivity index (χ3n) is 2.02. The van der Waals surface area contributed by atoms with Crippen molar-refractivity contribution in [2.45, 2.75) is 33.7 Å². The van der Waals surface area contributed by atoms with E-state index in [0.29, 0.717) is 24.7 Å². The summed E-state index contributed by atoms with van der Waals surface area (Å²) in [5.74, 6) is 0.559. The van der Waals surface area contributed by atoms with E-state index in [1.807, 2.05) is 0 Å². The Morgan fingerprint density at radius 2 is 1.93 bits per heavy atom. The molecule has 1 aromatic heterocycles. The average Bonchev–Trinajstić information content (AvgIpc) is 2.16. The van der Waals surface area contributed by atoms with Crippen molar-refractivity contribution in [1.82, 2.24) is 9.97 Å². The summed E-state index contributed by atoms with van der Waals surface area (Å²) in [5, 5.41) is 0. The van der Waals surface area contributed by atoms with E-state index in [-0.39, 0.29) is 5.41 Å². The zero-order valence-corrected chi connectivity index (χ0v) is 9.66. The molecule has 0 bridgehead atoms. The van der Waals surface area contributed by atoms with Gasteiger partial charge in [0, 0.05) is 18.9 Å².